The fourth-order valence-electron chi connectivity index (χ4n) is 0.249. The van der Waals surface area contributed by atoms with Gasteiger partial charge in [0.1, 0.15) is 7.28 Å². The lowest BCUT2D eigenvalue weighted by molar-refractivity contribution is -0.191. The fraction of sp³-hybridized carbons (Fsp3) is 0.750. The summed E-state index contributed by atoms with van der Waals surface area (Å²) in [7, 11) is -2.93. The highest BCUT2D eigenvalue weighted by Crippen LogP contribution is 1.84. The van der Waals surface area contributed by atoms with Crippen LogP contribution >= 0.6 is 0 Å². The maximum absolute atomic E-state index is 9.71. The highest BCUT2D eigenvalue weighted by Gasteiger charge is 1.92. The van der Waals surface area contributed by atoms with Crippen molar-refractivity contribution < 1.29 is 26.7 Å². The molecule has 12 heavy (non-hydrogen) atoms. The van der Waals surface area contributed by atoms with Crippen molar-refractivity contribution >= 4 is 23.8 Å². The van der Waals surface area contributed by atoms with Gasteiger partial charge in [0.05, 0.1) is 0 Å². The van der Waals surface area contributed by atoms with Crippen LogP contribution in [0.15, 0.2) is 0 Å². The smallest absolute Gasteiger partial charge is 0.373 e. The Bertz CT molecular complexity index is 216. The molecule has 8 heteroatoms. The summed E-state index contributed by atoms with van der Waals surface area (Å²) in [6.45, 7) is 1.70. The van der Waals surface area contributed by atoms with Gasteiger partial charge in [0, 0.05) is 6.51 Å². The Morgan fingerprint density at radius 1 is 1.50 bits per heavy atom. The maximum Gasteiger partial charge on any atom is 0.373 e. The third-order valence-corrected chi connectivity index (χ3v) is 1.04. The average molecular weight is 194 g/mol. The second kappa shape index (κ2) is 8.41. The Hall–Kier alpha value is -0.685. The molecule has 0 spiro atoms. The van der Waals surface area contributed by atoms with Crippen molar-refractivity contribution in [2.75, 3.05) is 6.51 Å². The largest absolute Gasteiger partial charge is 0.726 e. The summed E-state index contributed by atoms with van der Waals surface area (Å²) in [5.74, 6) is 0. The van der Waals surface area contributed by atoms with Crippen LogP contribution in [0.25, 0.3) is 0 Å². The van der Waals surface area contributed by atoms with Gasteiger partial charge < -0.3 is 4.55 Å². The van der Waals surface area contributed by atoms with Crippen molar-refractivity contribution in [3.05, 3.63) is 0 Å². The van der Waals surface area contributed by atoms with Crippen molar-refractivity contribution in [3.63, 3.8) is 0 Å². The molecule has 0 aromatic heterocycles. The van der Waals surface area contributed by atoms with E-state index >= 15 is 0 Å². The van der Waals surface area contributed by atoms with E-state index in [1.165, 1.54) is 0 Å². The zero-order chi connectivity index (χ0) is 10.0. The van der Waals surface area contributed by atoms with E-state index in [1.807, 2.05) is 6.92 Å². The summed E-state index contributed by atoms with van der Waals surface area (Å²) >= 11 is 0. The van der Waals surface area contributed by atoms with Crippen LogP contribution in [-0.2, 0) is 24.2 Å². The van der Waals surface area contributed by atoms with Crippen molar-refractivity contribution in [3.8, 4) is 0 Å². The van der Waals surface area contributed by atoms with Gasteiger partial charge in [-0.2, -0.15) is 9.59 Å². The molecule has 0 bridgehead atoms. The van der Waals surface area contributed by atoms with E-state index in [0.29, 0.717) is 6.32 Å². The summed E-state index contributed by atoms with van der Waals surface area (Å²) in [5, 5.41) is 0. The molecule has 0 aliphatic rings. The Morgan fingerprint density at radius 2 is 1.92 bits per heavy atom. The van der Waals surface area contributed by atoms with Gasteiger partial charge in [0.15, 0.2) is 0 Å². The molecule has 0 aliphatic heterocycles. The van der Waals surface area contributed by atoms with E-state index in [9.17, 15) is 13.0 Å². The number of carbonyl (C=O) groups excluding carboxylic acids is 2. The first kappa shape index (κ1) is 13.9. The van der Waals surface area contributed by atoms with Gasteiger partial charge in [0.2, 0.25) is 10.4 Å². The van der Waals surface area contributed by atoms with Crippen LogP contribution < -0.4 is 0 Å². The molecule has 0 heterocycles. The molecule has 0 unspecified atom stereocenters. The van der Waals surface area contributed by atoms with Crippen molar-refractivity contribution in [1.29, 1.82) is 0 Å². The Morgan fingerprint density at radius 3 is 2.17 bits per heavy atom. The molecule has 0 aromatic rings. The molecule has 0 N–H and O–H groups in total. The molecule has 0 fully saturated rings. The number of rotatable bonds is 4. The molecule has 0 aliphatic carbocycles. The average Bonchev–Trinajstić information content (AvgIpc) is 1.87. The summed E-state index contributed by atoms with van der Waals surface area (Å²) < 4.78 is 33.0. The number of hydrogen-bond donors (Lipinski definition) is 0. The van der Waals surface area contributed by atoms with Crippen LogP contribution in [0.2, 0.25) is 6.32 Å². The van der Waals surface area contributed by atoms with Crippen molar-refractivity contribution in [2.45, 2.75) is 13.2 Å². The summed E-state index contributed by atoms with van der Waals surface area (Å²) in [6.07, 6.45) is 0.940. The minimum Gasteiger partial charge on any atom is -0.726 e. The zero-order valence-corrected chi connectivity index (χ0v) is 7.17. The lowest BCUT2D eigenvalue weighted by atomic mass is 9.77. The molecule has 0 amide bonds. The topological polar surface area (TPSA) is 101 Å². The van der Waals surface area contributed by atoms with E-state index in [0.717, 1.165) is 0 Å². The van der Waals surface area contributed by atoms with E-state index < -0.39 is 10.4 Å². The minimum absolute atomic E-state index is 0.123. The van der Waals surface area contributed by atoms with Crippen LogP contribution in [-0.4, -0.2) is 32.9 Å². The molecule has 0 saturated heterocycles. The molecule has 0 aromatic carbocycles. The molecular formula is C4H7BO6S-. The van der Waals surface area contributed by atoms with Gasteiger partial charge in [-0.25, -0.2) is 8.42 Å². The SMILES string of the molecule is CC[B]COS(=O)(=O)[O-].O=C=O. The third-order valence-electron chi connectivity index (χ3n) is 0.619. The van der Waals surface area contributed by atoms with Crippen LogP contribution in [0.5, 0.6) is 0 Å². The third kappa shape index (κ3) is 22.8. The standard InChI is InChI=1S/C3H8BO4S.CO2/c1-2-4-3-8-9(5,6)7;2-1-3/h2-3H2,1H3,(H,5,6,7);/p-1. The van der Waals surface area contributed by atoms with Gasteiger partial charge >= 0.3 is 6.15 Å². The van der Waals surface area contributed by atoms with Crippen molar-refractivity contribution in [2.24, 2.45) is 0 Å². The summed E-state index contributed by atoms with van der Waals surface area (Å²) in [5.41, 5.74) is 0. The van der Waals surface area contributed by atoms with Crippen LogP contribution in [0.3, 0.4) is 0 Å². The molecule has 6 nitrogen and oxygen atoms in total. The second-order valence-electron chi connectivity index (χ2n) is 1.47. The quantitative estimate of drug-likeness (QED) is 0.245. The molecule has 0 rings (SSSR count). The van der Waals surface area contributed by atoms with Crippen molar-refractivity contribution in [1.82, 2.24) is 0 Å². The first-order valence-electron chi connectivity index (χ1n) is 2.89. The lowest BCUT2D eigenvalue weighted by Gasteiger charge is -2.04. The van der Waals surface area contributed by atoms with Gasteiger partial charge in [-0.15, -0.1) is 0 Å². The zero-order valence-electron chi connectivity index (χ0n) is 6.35. The van der Waals surface area contributed by atoms with E-state index in [1.54, 1.807) is 7.28 Å². The Balaban J connectivity index is 0. The first-order chi connectivity index (χ1) is 5.47. The molecular weight excluding hydrogens is 187 g/mol. The van der Waals surface area contributed by atoms with Crippen LogP contribution in [0.1, 0.15) is 6.92 Å². The minimum atomic E-state index is -4.48. The van der Waals surface area contributed by atoms with Gasteiger partial charge in [-0.05, 0) is 0 Å². The summed E-state index contributed by atoms with van der Waals surface area (Å²) in [4.78, 5) is 16.2. The molecule has 0 atom stereocenters. The Labute approximate surface area is 71.1 Å². The first-order valence-corrected chi connectivity index (χ1v) is 4.22. The monoisotopic (exact) mass is 194 g/mol. The predicted molar refractivity (Wildman–Crippen MR) is 36.9 cm³/mol. The summed E-state index contributed by atoms with van der Waals surface area (Å²) in [6, 6.07) is 0. The van der Waals surface area contributed by atoms with Crippen LogP contribution in [0, 0.1) is 0 Å². The normalized spacial score (nSPS) is 9.17. The highest BCUT2D eigenvalue weighted by molar-refractivity contribution is 7.80. The van der Waals surface area contributed by atoms with E-state index in [2.05, 4.69) is 4.18 Å². The maximum atomic E-state index is 9.71. The fourth-order valence-corrected chi connectivity index (χ4v) is 0.512. The van der Waals surface area contributed by atoms with E-state index in [4.69, 9.17) is 9.59 Å². The second-order valence-corrected chi connectivity index (χ2v) is 2.53. The number of hydrogen-bond acceptors (Lipinski definition) is 6. The Kier molecular flexibility index (Phi) is 9.73. The van der Waals surface area contributed by atoms with Gasteiger partial charge in [-0.3, -0.25) is 4.18 Å². The van der Waals surface area contributed by atoms with Crippen LogP contribution in [0.4, 0.5) is 0 Å². The van der Waals surface area contributed by atoms with Gasteiger partial charge in [0.25, 0.3) is 0 Å². The van der Waals surface area contributed by atoms with E-state index in [-0.39, 0.29) is 12.7 Å². The molecule has 69 valence electrons. The molecule has 0 saturated carbocycles. The predicted octanol–water partition coefficient (Wildman–Crippen LogP) is -1.02. The molecule has 1 radical (unpaired) electrons. The highest BCUT2D eigenvalue weighted by atomic mass is 32.3. The lowest BCUT2D eigenvalue weighted by Crippen LogP contribution is -2.09. The van der Waals surface area contributed by atoms with Gasteiger partial charge in [-0.1, -0.05) is 13.2 Å².